The van der Waals surface area contributed by atoms with Crippen LogP contribution in [0.3, 0.4) is 0 Å². The molecular weight excluding hydrogens is 236 g/mol. The van der Waals surface area contributed by atoms with E-state index in [4.69, 9.17) is 0 Å². The lowest BCUT2D eigenvalue weighted by Crippen LogP contribution is -1.99. The number of anilines is 1. The molecule has 0 spiro atoms. The van der Waals surface area contributed by atoms with E-state index >= 15 is 0 Å². The number of hydrogen-bond acceptors (Lipinski definition) is 4. The van der Waals surface area contributed by atoms with Crippen molar-refractivity contribution >= 4 is 24.0 Å². The second-order valence-corrected chi connectivity index (χ2v) is 6.29. The van der Waals surface area contributed by atoms with Gasteiger partial charge < -0.3 is 5.32 Å². The van der Waals surface area contributed by atoms with Gasteiger partial charge in [-0.3, -0.25) is 10.1 Å². The zero-order valence-electron chi connectivity index (χ0n) is 10.4. The minimum atomic E-state index is -0.375. The molecule has 0 radical (unpaired) electrons. The topological polar surface area (TPSA) is 55.2 Å². The smallest absolute Gasteiger partial charge is 0.271 e. The van der Waals surface area contributed by atoms with Gasteiger partial charge in [-0.1, -0.05) is 26.8 Å². The van der Waals surface area contributed by atoms with Crippen LogP contribution in [0.5, 0.6) is 0 Å². The standard InChI is InChI=1S/C8H8N2O2.C4H10S/c11-10(12)7-2-1-6-3-4-9-8(6)5-7;1-4(2,3)5/h1-2,5,9H,3-4H2;5H,1-3H3. The summed E-state index contributed by atoms with van der Waals surface area (Å²) in [5.74, 6) is 0. The molecule has 0 aliphatic carbocycles. The van der Waals surface area contributed by atoms with Crippen molar-refractivity contribution < 1.29 is 4.92 Å². The van der Waals surface area contributed by atoms with Gasteiger partial charge in [-0.15, -0.1) is 0 Å². The van der Waals surface area contributed by atoms with Gasteiger partial charge in [0.15, 0.2) is 0 Å². The van der Waals surface area contributed by atoms with E-state index in [0.717, 1.165) is 18.7 Å². The number of nitrogens with one attached hydrogen (secondary N) is 1. The Bertz CT molecular complexity index is 407. The molecule has 4 nitrogen and oxygen atoms in total. The van der Waals surface area contributed by atoms with E-state index in [-0.39, 0.29) is 15.4 Å². The van der Waals surface area contributed by atoms with Gasteiger partial charge >= 0.3 is 0 Å². The van der Waals surface area contributed by atoms with Crippen LogP contribution in [-0.2, 0) is 6.42 Å². The van der Waals surface area contributed by atoms with Gasteiger partial charge in [-0.05, 0) is 12.0 Å². The van der Waals surface area contributed by atoms with Crippen LogP contribution in [0.15, 0.2) is 18.2 Å². The third-order valence-electron chi connectivity index (χ3n) is 2.01. The number of benzene rings is 1. The number of nitro groups is 1. The minimum absolute atomic E-state index is 0.156. The maximum Gasteiger partial charge on any atom is 0.271 e. The molecule has 1 heterocycles. The zero-order valence-corrected chi connectivity index (χ0v) is 11.3. The summed E-state index contributed by atoms with van der Waals surface area (Å²) in [4.78, 5) is 10.0. The predicted molar refractivity (Wildman–Crippen MR) is 74.0 cm³/mol. The van der Waals surface area contributed by atoms with E-state index in [1.54, 1.807) is 12.1 Å². The number of hydrogen-bond donors (Lipinski definition) is 2. The molecule has 1 aliphatic rings. The van der Waals surface area contributed by atoms with Crippen molar-refractivity contribution in [2.45, 2.75) is 31.9 Å². The first-order valence-corrected chi connectivity index (χ1v) is 5.95. The maximum atomic E-state index is 10.4. The SMILES string of the molecule is CC(C)(C)S.O=[N+]([O-])c1ccc2c(c1)NCC2. The van der Waals surface area contributed by atoms with Crippen molar-refractivity contribution in [3.05, 3.63) is 33.9 Å². The van der Waals surface area contributed by atoms with Gasteiger partial charge in [0.25, 0.3) is 5.69 Å². The fourth-order valence-corrected chi connectivity index (χ4v) is 1.39. The Morgan fingerprint density at radius 1 is 1.41 bits per heavy atom. The Kier molecular flexibility index (Phi) is 4.40. The van der Waals surface area contributed by atoms with Crippen molar-refractivity contribution in [2.24, 2.45) is 0 Å². The van der Waals surface area contributed by atoms with Crippen molar-refractivity contribution in [2.75, 3.05) is 11.9 Å². The molecule has 0 bridgehead atoms. The summed E-state index contributed by atoms with van der Waals surface area (Å²) in [6.07, 6.45) is 0.966. The van der Waals surface area contributed by atoms with Gasteiger partial charge in [0.05, 0.1) is 4.92 Å². The fraction of sp³-hybridized carbons (Fsp3) is 0.500. The highest BCUT2D eigenvalue weighted by Crippen LogP contribution is 2.26. The molecule has 1 aromatic rings. The van der Waals surface area contributed by atoms with Crippen LogP contribution in [0.1, 0.15) is 26.3 Å². The first-order valence-electron chi connectivity index (χ1n) is 5.51. The zero-order chi connectivity index (χ0) is 13.1. The summed E-state index contributed by atoms with van der Waals surface area (Å²) in [5, 5.41) is 13.5. The summed E-state index contributed by atoms with van der Waals surface area (Å²) in [5.41, 5.74) is 2.23. The number of nitro benzene ring substituents is 1. The highest BCUT2D eigenvalue weighted by atomic mass is 32.1. The van der Waals surface area contributed by atoms with Crippen LogP contribution < -0.4 is 5.32 Å². The second-order valence-electron chi connectivity index (χ2n) is 4.95. The van der Waals surface area contributed by atoms with Gasteiger partial charge in [0, 0.05) is 29.1 Å². The molecule has 1 aromatic carbocycles. The number of non-ortho nitro benzene ring substituents is 1. The average Bonchev–Trinajstić information content (AvgIpc) is 2.60. The second kappa shape index (κ2) is 5.40. The van der Waals surface area contributed by atoms with E-state index in [9.17, 15) is 10.1 Å². The van der Waals surface area contributed by atoms with Crippen molar-refractivity contribution in [1.29, 1.82) is 0 Å². The van der Waals surface area contributed by atoms with E-state index in [1.807, 2.05) is 6.07 Å². The van der Waals surface area contributed by atoms with E-state index in [1.165, 1.54) is 5.56 Å². The van der Waals surface area contributed by atoms with Crippen LogP contribution in [0.4, 0.5) is 11.4 Å². The Morgan fingerprint density at radius 3 is 2.53 bits per heavy atom. The van der Waals surface area contributed by atoms with E-state index < -0.39 is 0 Å². The number of thiol groups is 1. The molecular formula is C12H18N2O2S. The first kappa shape index (κ1) is 13.8. The molecule has 2 rings (SSSR count). The molecule has 5 heteroatoms. The lowest BCUT2D eigenvalue weighted by Gasteiger charge is -2.04. The highest BCUT2D eigenvalue weighted by molar-refractivity contribution is 7.81. The van der Waals surface area contributed by atoms with Crippen LogP contribution in [0.25, 0.3) is 0 Å². The number of nitrogens with zero attached hydrogens (tertiary/aromatic N) is 1. The Labute approximate surface area is 107 Å². The first-order chi connectivity index (χ1) is 7.77. The molecule has 1 aliphatic heterocycles. The Morgan fingerprint density at radius 2 is 2.00 bits per heavy atom. The molecule has 0 fully saturated rings. The Hall–Kier alpha value is -1.23. The minimum Gasteiger partial charge on any atom is -0.384 e. The van der Waals surface area contributed by atoms with Crippen molar-refractivity contribution in [3.8, 4) is 0 Å². The summed E-state index contributed by atoms with van der Waals surface area (Å²) in [6, 6.07) is 4.95. The average molecular weight is 254 g/mol. The molecule has 1 N–H and O–H groups in total. The molecule has 0 atom stereocenters. The van der Waals surface area contributed by atoms with Crippen molar-refractivity contribution in [1.82, 2.24) is 0 Å². The maximum absolute atomic E-state index is 10.4. The molecule has 17 heavy (non-hydrogen) atoms. The highest BCUT2D eigenvalue weighted by Gasteiger charge is 2.13. The molecule has 0 amide bonds. The van der Waals surface area contributed by atoms with Crippen molar-refractivity contribution in [3.63, 3.8) is 0 Å². The molecule has 0 unspecified atom stereocenters. The predicted octanol–water partition coefficient (Wildman–Crippen LogP) is 3.28. The molecule has 0 saturated heterocycles. The summed E-state index contributed by atoms with van der Waals surface area (Å²) < 4.78 is 0.194. The van der Waals surface area contributed by atoms with E-state index in [0.29, 0.717) is 0 Å². The molecule has 0 saturated carbocycles. The lowest BCUT2D eigenvalue weighted by molar-refractivity contribution is -0.384. The molecule has 94 valence electrons. The quantitative estimate of drug-likeness (QED) is 0.459. The number of rotatable bonds is 1. The third-order valence-corrected chi connectivity index (χ3v) is 2.01. The van der Waals surface area contributed by atoms with Gasteiger partial charge in [0.1, 0.15) is 0 Å². The van der Waals surface area contributed by atoms with E-state index in [2.05, 4.69) is 38.7 Å². The van der Waals surface area contributed by atoms with Gasteiger partial charge in [-0.25, -0.2) is 0 Å². The third kappa shape index (κ3) is 5.08. The van der Waals surface area contributed by atoms with Crippen LogP contribution in [0.2, 0.25) is 0 Å². The molecule has 0 aromatic heterocycles. The van der Waals surface area contributed by atoms with Crippen LogP contribution in [-0.4, -0.2) is 16.2 Å². The normalized spacial score (nSPS) is 13.2. The fourth-order valence-electron chi connectivity index (χ4n) is 1.39. The van der Waals surface area contributed by atoms with Crippen LogP contribution in [0, 0.1) is 10.1 Å². The lowest BCUT2D eigenvalue weighted by atomic mass is 10.1. The van der Waals surface area contributed by atoms with Gasteiger partial charge in [0.2, 0.25) is 0 Å². The summed E-state index contributed by atoms with van der Waals surface area (Å²) in [6.45, 7) is 7.04. The summed E-state index contributed by atoms with van der Waals surface area (Å²) in [7, 11) is 0. The number of fused-ring (bicyclic) bond motifs is 1. The summed E-state index contributed by atoms with van der Waals surface area (Å²) >= 11 is 4.12. The largest absolute Gasteiger partial charge is 0.384 e. The van der Waals surface area contributed by atoms with Crippen LogP contribution >= 0.6 is 12.6 Å². The monoisotopic (exact) mass is 254 g/mol. The van der Waals surface area contributed by atoms with Gasteiger partial charge in [-0.2, -0.15) is 12.6 Å². The Balaban J connectivity index is 0.000000249.